The van der Waals surface area contributed by atoms with E-state index in [-0.39, 0.29) is 10.8 Å². The first-order chi connectivity index (χ1) is 17.5. The summed E-state index contributed by atoms with van der Waals surface area (Å²) in [5, 5.41) is 4.46. The van der Waals surface area contributed by atoms with Crippen molar-refractivity contribution in [1.82, 2.24) is 9.34 Å². The minimum Gasteiger partial charge on any atom is -0.426 e. The Kier molecular flexibility index (Phi) is 4.45. The quantitative estimate of drug-likeness (QED) is 0.260. The van der Waals surface area contributed by atoms with Gasteiger partial charge in [0.15, 0.2) is 0 Å². The summed E-state index contributed by atoms with van der Waals surface area (Å²) in [6.45, 7) is 8.46. The second-order valence-corrected chi connectivity index (χ2v) is 13.6. The molecule has 8 heteroatoms. The first kappa shape index (κ1) is 21.5. The summed E-state index contributed by atoms with van der Waals surface area (Å²) in [4.78, 5) is 0. The third-order valence-corrected chi connectivity index (χ3v) is 11.3. The van der Waals surface area contributed by atoms with Crippen LogP contribution in [0.2, 0.25) is 0 Å². The summed E-state index contributed by atoms with van der Waals surface area (Å²) in [6, 6.07) is 24.9. The lowest BCUT2D eigenvalue weighted by atomic mass is 9.71. The van der Waals surface area contributed by atoms with Crippen LogP contribution in [0.3, 0.4) is 0 Å². The molecular weight excluding hydrogens is 490 g/mol. The van der Waals surface area contributed by atoms with Crippen LogP contribution in [0.5, 0.6) is 23.0 Å². The Morgan fingerprint density at radius 1 is 0.528 bits per heavy atom. The van der Waals surface area contributed by atoms with Gasteiger partial charge in [0, 0.05) is 37.0 Å². The van der Waals surface area contributed by atoms with E-state index < -0.39 is 17.1 Å². The maximum atomic E-state index is 6.47. The highest BCUT2D eigenvalue weighted by Crippen LogP contribution is 2.64. The van der Waals surface area contributed by atoms with Crippen molar-refractivity contribution in [2.75, 3.05) is 26.2 Å². The van der Waals surface area contributed by atoms with Gasteiger partial charge in [-0.25, -0.2) is 9.34 Å². The molecule has 6 nitrogen and oxygen atoms in total. The summed E-state index contributed by atoms with van der Waals surface area (Å²) in [7, 11) is -2.41. The van der Waals surface area contributed by atoms with Crippen molar-refractivity contribution >= 4 is 38.6 Å². The van der Waals surface area contributed by atoms with Crippen LogP contribution < -0.4 is 18.1 Å². The van der Waals surface area contributed by atoms with E-state index in [4.69, 9.17) is 18.1 Å². The second-order valence-electron chi connectivity index (χ2n) is 10.8. The van der Waals surface area contributed by atoms with Crippen molar-refractivity contribution < 1.29 is 18.1 Å². The molecule has 0 atom stereocenters. The predicted octanol–water partition coefficient (Wildman–Crippen LogP) is 7.33. The molecule has 0 radical (unpaired) electrons. The number of rotatable bonds is 2. The number of hydrogen-bond donors (Lipinski definition) is 0. The van der Waals surface area contributed by atoms with Crippen molar-refractivity contribution in [3.8, 4) is 23.0 Å². The highest BCUT2D eigenvalue weighted by Gasteiger charge is 2.62. The fourth-order valence-electron chi connectivity index (χ4n) is 6.27. The molecule has 4 aliphatic heterocycles. The van der Waals surface area contributed by atoms with Gasteiger partial charge in [-0.2, -0.15) is 0 Å². The molecule has 182 valence electrons. The van der Waals surface area contributed by atoms with Gasteiger partial charge in [-0.15, -0.1) is 0 Å². The van der Waals surface area contributed by atoms with Gasteiger partial charge in [-0.3, -0.25) is 0 Å². The SMILES string of the molecule is CC12CN(P3Oc4cccc5cccc(c45)O3)CC1(C)CN(P1Oc3cccc4cccc(c34)O1)C2. The standard InChI is InChI=1S/C28H26N2O4P2/c1-27-15-29(35-31-21-11-3-7-19-8-4-12-22(32-35)25(19)21)17-28(27,2)18-30(16-27)36-33-23-13-5-9-20-10-6-14-24(34-36)26(20)23/h3-14H,15-18H2,1-2H3. The highest BCUT2D eigenvalue weighted by molar-refractivity contribution is 7.46. The zero-order valence-corrected chi connectivity index (χ0v) is 22.0. The monoisotopic (exact) mass is 516 g/mol. The van der Waals surface area contributed by atoms with Crippen molar-refractivity contribution in [2.24, 2.45) is 10.8 Å². The average molecular weight is 516 g/mol. The number of hydrogen-bond acceptors (Lipinski definition) is 6. The lowest BCUT2D eigenvalue weighted by Crippen LogP contribution is -2.34. The molecule has 0 N–H and O–H groups in total. The van der Waals surface area contributed by atoms with Crippen molar-refractivity contribution in [3.63, 3.8) is 0 Å². The van der Waals surface area contributed by atoms with Crippen molar-refractivity contribution in [3.05, 3.63) is 72.8 Å². The smallest absolute Gasteiger partial charge is 0.384 e. The summed E-state index contributed by atoms with van der Waals surface area (Å²) in [6.07, 6.45) is 0. The Hall–Kier alpha value is -2.62. The predicted molar refractivity (Wildman–Crippen MR) is 144 cm³/mol. The van der Waals surface area contributed by atoms with Crippen LogP contribution in [0.15, 0.2) is 72.8 Å². The molecule has 2 saturated heterocycles. The summed E-state index contributed by atoms with van der Waals surface area (Å²) in [5.74, 6) is 3.70. The Morgan fingerprint density at radius 3 is 1.14 bits per heavy atom. The molecule has 4 aromatic carbocycles. The first-order valence-electron chi connectivity index (χ1n) is 12.4. The van der Waals surface area contributed by atoms with E-state index in [0.717, 1.165) is 70.7 Å². The van der Waals surface area contributed by atoms with E-state index in [9.17, 15) is 0 Å². The number of nitrogens with zero attached hydrogens (tertiary/aromatic N) is 2. The van der Waals surface area contributed by atoms with Crippen molar-refractivity contribution in [1.29, 1.82) is 0 Å². The minimum absolute atomic E-state index is 0.0725. The van der Waals surface area contributed by atoms with E-state index in [1.165, 1.54) is 0 Å². The molecule has 0 aromatic heterocycles. The van der Waals surface area contributed by atoms with Gasteiger partial charge in [-0.1, -0.05) is 62.4 Å². The minimum atomic E-state index is -1.20. The maximum absolute atomic E-state index is 6.47. The Bertz CT molecular complexity index is 1340. The van der Waals surface area contributed by atoms with Gasteiger partial charge in [0.05, 0.1) is 10.8 Å². The largest absolute Gasteiger partial charge is 0.426 e. The molecule has 4 heterocycles. The lowest BCUT2D eigenvalue weighted by molar-refractivity contribution is 0.212. The van der Waals surface area contributed by atoms with Crippen molar-refractivity contribution in [2.45, 2.75) is 13.8 Å². The van der Waals surface area contributed by atoms with Crippen LogP contribution >= 0.6 is 17.1 Å². The van der Waals surface area contributed by atoms with Crippen LogP contribution in [0.1, 0.15) is 13.8 Å². The summed E-state index contributed by atoms with van der Waals surface area (Å²) >= 11 is 0. The fraction of sp³-hybridized carbons (Fsp3) is 0.286. The number of fused-ring (bicyclic) bond motifs is 1. The third-order valence-electron chi connectivity index (χ3n) is 8.41. The first-order valence-corrected chi connectivity index (χ1v) is 14.6. The van der Waals surface area contributed by atoms with Gasteiger partial charge >= 0.3 is 17.1 Å². The van der Waals surface area contributed by atoms with Gasteiger partial charge in [0.2, 0.25) is 0 Å². The molecule has 0 unspecified atom stereocenters. The molecule has 0 saturated carbocycles. The fourth-order valence-corrected chi connectivity index (χ4v) is 9.80. The van der Waals surface area contributed by atoms with E-state index >= 15 is 0 Å². The molecule has 4 aromatic rings. The Labute approximate surface area is 212 Å². The Morgan fingerprint density at radius 2 is 0.833 bits per heavy atom. The van der Waals surface area contributed by atoms with E-state index in [0.29, 0.717) is 0 Å². The molecule has 36 heavy (non-hydrogen) atoms. The topological polar surface area (TPSA) is 43.4 Å². The zero-order chi connectivity index (χ0) is 24.1. The number of benzene rings is 4. The van der Waals surface area contributed by atoms with Gasteiger partial charge in [0.25, 0.3) is 0 Å². The van der Waals surface area contributed by atoms with E-state index in [1.54, 1.807) is 0 Å². The van der Waals surface area contributed by atoms with E-state index in [2.05, 4.69) is 96.0 Å². The van der Waals surface area contributed by atoms with Crippen LogP contribution in [0.25, 0.3) is 21.5 Å². The zero-order valence-electron chi connectivity index (χ0n) is 20.2. The highest BCUT2D eigenvalue weighted by atomic mass is 31.2. The third kappa shape index (κ3) is 2.99. The van der Waals surface area contributed by atoms with Crippen LogP contribution in [0.4, 0.5) is 0 Å². The molecule has 0 spiro atoms. The summed E-state index contributed by atoms with van der Waals surface area (Å²) < 4.78 is 30.7. The van der Waals surface area contributed by atoms with Crippen LogP contribution in [-0.4, -0.2) is 35.5 Å². The van der Waals surface area contributed by atoms with Gasteiger partial charge in [-0.05, 0) is 35.0 Å². The average Bonchev–Trinajstić information content (AvgIpc) is 3.29. The Balaban J connectivity index is 1.03. The molecule has 4 aliphatic rings. The molecule has 8 rings (SSSR count). The van der Waals surface area contributed by atoms with E-state index in [1.807, 2.05) is 0 Å². The van der Waals surface area contributed by atoms with Gasteiger partial charge in [0.1, 0.15) is 23.0 Å². The maximum Gasteiger partial charge on any atom is 0.384 e. The molecule has 0 aliphatic carbocycles. The molecular formula is C28H26N2O4P2. The molecule has 0 amide bonds. The second kappa shape index (κ2) is 7.46. The summed E-state index contributed by atoms with van der Waals surface area (Å²) in [5.41, 5.74) is 0.145. The van der Waals surface area contributed by atoms with Crippen LogP contribution in [-0.2, 0) is 0 Å². The molecule has 2 fully saturated rings. The lowest BCUT2D eigenvalue weighted by Gasteiger charge is -2.34. The normalized spacial score (nSPS) is 27.9. The van der Waals surface area contributed by atoms with Gasteiger partial charge < -0.3 is 18.1 Å². The molecule has 0 bridgehead atoms. The van der Waals surface area contributed by atoms with Crippen LogP contribution in [0, 0.1) is 10.8 Å².